The molecule has 2 aromatic carbocycles. The number of hydrogen-bond acceptors (Lipinski definition) is 2. The van der Waals surface area contributed by atoms with Crippen LogP contribution in [0, 0.1) is 17.6 Å². The van der Waals surface area contributed by atoms with Crippen LogP contribution in [0.25, 0.3) is 6.08 Å². The molecule has 4 nitrogen and oxygen atoms in total. The molecule has 0 saturated carbocycles. The lowest BCUT2D eigenvalue weighted by molar-refractivity contribution is 0.239. The van der Waals surface area contributed by atoms with E-state index < -0.39 is 6.03 Å². The number of carbonyl (C=O) groups excluding carboxylic acids is 1. The lowest BCUT2D eigenvalue weighted by Gasteiger charge is -2.37. The van der Waals surface area contributed by atoms with Gasteiger partial charge in [-0.25, -0.2) is 13.6 Å². The van der Waals surface area contributed by atoms with Gasteiger partial charge in [0, 0.05) is 19.0 Å². The van der Waals surface area contributed by atoms with E-state index in [9.17, 15) is 13.6 Å². The van der Waals surface area contributed by atoms with Gasteiger partial charge in [0.15, 0.2) is 0 Å². The number of aliphatic imine (C=N–C) groups is 1. The van der Waals surface area contributed by atoms with E-state index in [0.717, 1.165) is 22.4 Å². The predicted octanol–water partition coefficient (Wildman–Crippen LogP) is 3.47. The Bertz CT molecular complexity index is 888. The van der Waals surface area contributed by atoms with Crippen LogP contribution in [0.4, 0.5) is 13.6 Å². The Morgan fingerprint density at radius 2 is 1.65 bits per heavy atom. The minimum Gasteiger partial charge on any atom is -0.329 e. The van der Waals surface area contributed by atoms with Crippen LogP contribution in [0.1, 0.15) is 17.2 Å². The molecule has 2 amide bonds. The summed E-state index contributed by atoms with van der Waals surface area (Å²) in [7, 11) is 0. The molecule has 6 heteroatoms. The van der Waals surface area contributed by atoms with Gasteiger partial charge in [0.2, 0.25) is 0 Å². The van der Waals surface area contributed by atoms with Crippen LogP contribution in [0.2, 0.25) is 0 Å². The standard InChI is InChI=1S/C20H17F2N3O/c21-15-5-1-12(2-6-15)9-14-10-23-11-17-18(24-20(26)25-19(14)17)13-3-7-16(22)8-4-13/h1-9,17-18,23H,10-11H2,(H,24,26)/b14-9+. The van der Waals surface area contributed by atoms with Crippen LogP contribution in [0.15, 0.2) is 59.1 Å². The molecule has 0 aliphatic carbocycles. The molecule has 132 valence electrons. The van der Waals surface area contributed by atoms with Crippen molar-refractivity contribution in [2.45, 2.75) is 6.04 Å². The number of amides is 2. The Kier molecular flexibility index (Phi) is 4.34. The van der Waals surface area contributed by atoms with E-state index in [1.54, 1.807) is 24.3 Å². The van der Waals surface area contributed by atoms with Crippen LogP contribution in [0.5, 0.6) is 0 Å². The van der Waals surface area contributed by atoms with E-state index in [4.69, 9.17) is 0 Å². The predicted molar refractivity (Wildman–Crippen MR) is 95.8 cm³/mol. The Morgan fingerprint density at radius 1 is 1.00 bits per heavy atom. The molecule has 2 aromatic rings. The second kappa shape index (κ2) is 6.80. The van der Waals surface area contributed by atoms with Gasteiger partial charge in [-0.3, -0.25) is 0 Å². The summed E-state index contributed by atoms with van der Waals surface area (Å²) < 4.78 is 26.4. The number of hydrogen-bond donors (Lipinski definition) is 2. The van der Waals surface area contributed by atoms with Gasteiger partial charge >= 0.3 is 6.03 Å². The minimum atomic E-state index is -0.405. The van der Waals surface area contributed by atoms with Gasteiger partial charge in [0.05, 0.1) is 11.8 Å². The molecule has 2 N–H and O–H groups in total. The highest BCUT2D eigenvalue weighted by Crippen LogP contribution is 2.31. The summed E-state index contributed by atoms with van der Waals surface area (Å²) in [6.45, 7) is 1.23. The highest BCUT2D eigenvalue weighted by molar-refractivity contribution is 6.12. The number of nitrogens with one attached hydrogen (secondary N) is 2. The van der Waals surface area contributed by atoms with Crippen molar-refractivity contribution in [1.29, 1.82) is 0 Å². The number of nitrogens with zero attached hydrogens (tertiary/aromatic N) is 1. The molecule has 26 heavy (non-hydrogen) atoms. The zero-order valence-electron chi connectivity index (χ0n) is 13.9. The molecule has 4 rings (SSSR count). The van der Waals surface area contributed by atoms with Crippen LogP contribution in [0.3, 0.4) is 0 Å². The maximum Gasteiger partial charge on any atom is 0.341 e. The number of benzene rings is 2. The van der Waals surface area contributed by atoms with Crippen molar-refractivity contribution in [2.75, 3.05) is 13.1 Å². The summed E-state index contributed by atoms with van der Waals surface area (Å²) >= 11 is 0. The maximum atomic E-state index is 13.2. The van der Waals surface area contributed by atoms with Gasteiger partial charge in [-0.15, -0.1) is 0 Å². The summed E-state index contributed by atoms with van der Waals surface area (Å²) in [6.07, 6.45) is 1.91. The Balaban J connectivity index is 1.69. The topological polar surface area (TPSA) is 53.5 Å². The van der Waals surface area contributed by atoms with Crippen LogP contribution in [-0.4, -0.2) is 24.8 Å². The van der Waals surface area contributed by atoms with Gasteiger partial charge in [-0.2, -0.15) is 4.99 Å². The van der Waals surface area contributed by atoms with Crippen molar-refractivity contribution < 1.29 is 13.6 Å². The zero-order valence-corrected chi connectivity index (χ0v) is 13.9. The third-order valence-corrected chi connectivity index (χ3v) is 4.70. The molecule has 2 aliphatic heterocycles. The first kappa shape index (κ1) is 16.6. The number of halogens is 2. The monoisotopic (exact) mass is 353 g/mol. The van der Waals surface area contributed by atoms with Crippen molar-refractivity contribution in [3.05, 3.63) is 76.9 Å². The van der Waals surface area contributed by atoms with Gasteiger partial charge in [-0.1, -0.05) is 24.3 Å². The number of urea groups is 1. The van der Waals surface area contributed by atoms with Crippen molar-refractivity contribution in [3.8, 4) is 0 Å². The van der Waals surface area contributed by atoms with Crippen molar-refractivity contribution >= 4 is 17.8 Å². The molecule has 0 spiro atoms. The molecular weight excluding hydrogens is 336 g/mol. The fourth-order valence-electron chi connectivity index (χ4n) is 3.46. The van der Waals surface area contributed by atoms with Gasteiger partial charge < -0.3 is 10.6 Å². The van der Waals surface area contributed by atoms with Crippen molar-refractivity contribution in [1.82, 2.24) is 10.6 Å². The fraction of sp³-hybridized carbons (Fsp3) is 0.200. The molecule has 2 atom stereocenters. The lowest BCUT2D eigenvalue weighted by atomic mass is 9.82. The van der Waals surface area contributed by atoms with E-state index in [1.165, 1.54) is 24.3 Å². The Morgan fingerprint density at radius 3 is 2.35 bits per heavy atom. The first-order chi connectivity index (χ1) is 12.6. The molecule has 0 bridgehead atoms. The average Bonchev–Trinajstić information content (AvgIpc) is 2.64. The normalized spacial score (nSPS) is 24.0. The fourth-order valence-corrected chi connectivity index (χ4v) is 3.46. The zero-order chi connectivity index (χ0) is 18.1. The highest BCUT2D eigenvalue weighted by atomic mass is 19.1. The number of rotatable bonds is 2. The number of piperidine rings is 1. The SMILES string of the molecule is O=C1N=C2/C(=C/c3ccc(F)cc3)CNCC2C(c2ccc(F)cc2)N1. The molecule has 0 aromatic heterocycles. The molecule has 2 heterocycles. The van der Waals surface area contributed by atoms with Crippen molar-refractivity contribution in [2.24, 2.45) is 10.9 Å². The van der Waals surface area contributed by atoms with Crippen molar-refractivity contribution in [3.63, 3.8) is 0 Å². The third-order valence-electron chi connectivity index (χ3n) is 4.70. The van der Waals surface area contributed by atoms with Gasteiger partial charge in [-0.05, 0) is 47.0 Å². The highest BCUT2D eigenvalue weighted by Gasteiger charge is 2.37. The number of fused-ring (bicyclic) bond motifs is 1. The second-order valence-corrected chi connectivity index (χ2v) is 6.43. The van der Waals surface area contributed by atoms with E-state index in [-0.39, 0.29) is 23.6 Å². The summed E-state index contributed by atoms with van der Waals surface area (Å²) in [4.78, 5) is 16.3. The van der Waals surface area contributed by atoms with Crippen LogP contribution < -0.4 is 10.6 Å². The van der Waals surface area contributed by atoms with E-state index in [2.05, 4.69) is 15.6 Å². The average molecular weight is 353 g/mol. The molecule has 2 unspecified atom stereocenters. The smallest absolute Gasteiger partial charge is 0.329 e. The summed E-state index contributed by atoms with van der Waals surface area (Å²) in [5.41, 5.74) is 3.30. The molecule has 2 aliphatic rings. The first-order valence-corrected chi connectivity index (χ1v) is 8.42. The van der Waals surface area contributed by atoms with E-state index in [0.29, 0.717) is 13.1 Å². The third kappa shape index (κ3) is 3.28. The molecule has 1 saturated heterocycles. The van der Waals surface area contributed by atoms with E-state index >= 15 is 0 Å². The largest absolute Gasteiger partial charge is 0.341 e. The summed E-state index contributed by atoms with van der Waals surface area (Å²) in [6, 6.07) is 11.6. The van der Waals surface area contributed by atoms with Crippen LogP contribution >= 0.6 is 0 Å². The quantitative estimate of drug-likeness (QED) is 0.869. The van der Waals surface area contributed by atoms with E-state index in [1.807, 2.05) is 6.08 Å². The molecule has 1 fully saturated rings. The number of carbonyl (C=O) groups is 1. The first-order valence-electron chi connectivity index (χ1n) is 8.42. The summed E-state index contributed by atoms with van der Waals surface area (Å²) in [5, 5.41) is 6.22. The maximum absolute atomic E-state index is 13.2. The molecule has 0 radical (unpaired) electrons. The summed E-state index contributed by atoms with van der Waals surface area (Å²) in [5.74, 6) is -0.667. The Labute approximate surface area is 149 Å². The Hall–Kier alpha value is -2.86. The second-order valence-electron chi connectivity index (χ2n) is 6.43. The van der Waals surface area contributed by atoms with Gasteiger partial charge in [0.1, 0.15) is 11.6 Å². The van der Waals surface area contributed by atoms with Crippen LogP contribution in [-0.2, 0) is 0 Å². The lowest BCUT2D eigenvalue weighted by Crippen LogP contribution is -2.50. The van der Waals surface area contributed by atoms with Gasteiger partial charge in [0.25, 0.3) is 0 Å². The molecular formula is C20H17F2N3O. The minimum absolute atomic E-state index is 0.0568.